The maximum absolute atomic E-state index is 13.9. The van der Waals surface area contributed by atoms with Gasteiger partial charge in [-0.25, -0.2) is 9.18 Å². The van der Waals surface area contributed by atoms with Crippen molar-refractivity contribution in [1.82, 2.24) is 0 Å². The van der Waals surface area contributed by atoms with Crippen molar-refractivity contribution in [2.24, 2.45) is 0 Å². The van der Waals surface area contributed by atoms with Gasteiger partial charge in [0.25, 0.3) is 0 Å². The predicted molar refractivity (Wildman–Crippen MR) is 104 cm³/mol. The van der Waals surface area contributed by atoms with Crippen LogP contribution in [-0.2, 0) is 4.79 Å². The highest BCUT2D eigenvalue weighted by molar-refractivity contribution is 7.64. The molecule has 3 nitrogen and oxygen atoms in total. The van der Waals surface area contributed by atoms with E-state index in [0.717, 1.165) is 44.6 Å². The number of benzene rings is 1. The third-order valence-corrected chi connectivity index (χ3v) is 6.11. The van der Waals surface area contributed by atoms with Gasteiger partial charge in [0.15, 0.2) is 11.6 Å². The molecule has 1 aromatic rings. The number of carboxylic acids is 1. The number of rotatable bonds is 12. The molecule has 0 aromatic heterocycles. The Bertz CT molecular complexity index is 577. The van der Waals surface area contributed by atoms with Crippen molar-refractivity contribution in [2.75, 3.05) is 6.61 Å². The number of hydrogen-bond donors (Lipinski definition) is 1. The Labute approximate surface area is 162 Å². The van der Waals surface area contributed by atoms with E-state index in [1.165, 1.54) is 18.2 Å². The van der Waals surface area contributed by atoms with Crippen LogP contribution in [0.4, 0.5) is 4.39 Å². The number of hydrogen-bond acceptors (Lipinski definition) is 2. The van der Waals surface area contributed by atoms with Gasteiger partial charge in [0.1, 0.15) is 0 Å². The van der Waals surface area contributed by atoms with Crippen LogP contribution in [0.5, 0.6) is 5.75 Å². The normalized spacial score (nSPS) is 11.8. The van der Waals surface area contributed by atoms with Gasteiger partial charge in [-0.3, -0.25) is 0 Å². The van der Waals surface area contributed by atoms with E-state index in [4.69, 9.17) is 43.1 Å². The molecule has 1 rings (SSSR count). The summed E-state index contributed by atoms with van der Waals surface area (Å²) in [6.07, 6.45) is 8.33. The minimum absolute atomic E-state index is 0.181. The molecule has 0 amide bonds. The molecule has 0 aliphatic rings. The molecular formula is C17H22Cl3FO3Si. The smallest absolute Gasteiger partial charge is 0.341 e. The van der Waals surface area contributed by atoms with Gasteiger partial charge in [0.2, 0.25) is 0 Å². The number of halogens is 4. The minimum Gasteiger partial charge on any atom is -0.491 e. The standard InChI is InChI=1S/C17H22Cl3FO3Si/c18-25(19,20)12-6-4-2-1-3-5-11-24-16-9-7-14(13-15(16)21)8-10-17(22)23/h7-10,13H,1-6,11-12H2,(H,22,23). The molecule has 0 bridgehead atoms. The Morgan fingerprint density at radius 3 is 2.36 bits per heavy atom. The summed E-state index contributed by atoms with van der Waals surface area (Å²) in [4.78, 5) is 10.4. The van der Waals surface area contributed by atoms with Gasteiger partial charge >= 0.3 is 12.0 Å². The van der Waals surface area contributed by atoms with Crippen molar-refractivity contribution in [3.05, 3.63) is 35.7 Å². The lowest BCUT2D eigenvalue weighted by Crippen LogP contribution is -2.07. The van der Waals surface area contributed by atoms with Crippen molar-refractivity contribution < 1.29 is 19.0 Å². The van der Waals surface area contributed by atoms with Crippen LogP contribution >= 0.6 is 33.2 Å². The zero-order valence-corrected chi connectivity index (χ0v) is 17.1. The fourth-order valence-corrected chi connectivity index (χ4v) is 4.08. The average Bonchev–Trinajstić information content (AvgIpc) is 2.51. The van der Waals surface area contributed by atoms with E-state index in [2.05, 4.69) is 0 Å². The first-order chi connectivity index (χ1) is 11.8. The van der Waals surface area contributed by atoms with E-state index >= 15 is 0 Å². The van der Waals surface area contributed by atoms with E-state index < -0.39 is 17.8 Å². The summed E-state index contributed by atoms with van der Waals surface area (Å²) in [5, 5.41) is 8.55. The van der Waals surface area contributed by atoms with E-state index in [0.29, 0.717) is 18.2 Å². The molecule has 8 heteroatoms. The summed E-state index contributed by atoms with van der Waals surface area (Å²) in [7, 11) is 0. The molecule has 1 N–H and O–H groups in total. The molecule has 0 aliphatic carbocycles. The number of carboxylic acid groups (broad SMARTS) is 1. The maximum Gasteiger partial charge on any atom is 0.341 e. The summed E-state index contributed by atoms with van der Waals surface area (Å²) in [5.41, 5.74) is 0.477. The molecule has 1 aromatic carbocycles. The van der Waals surface area contributed by atoms with Crippen LogP contribution in [0.15, 0.2) is 24.3 Å². The van der Waals surface area contributed by atoms with Gasteiger partial charge in [-0.05, 0) is 36.2 Å². The lowest BCUT2D eigenvalue weighted by Gasteiger charge is -2.08. The molecule has 0 fully saturated rings. The quantitative estimate of drug-likeness (QED) is 0.184. The largest absolute Gasteiger partial charge is 0.491 e. The first-order valence-electron chi connectivity index (χ1n) is 8.18. The molecule has 140 valence electrons. The fourth-order valence-electron chi connectivity index (χ4n) is 2.22. The Morgan fingerprint density at radius 2 is 1.76 bits per heavy atom. The average molecular weight is 428 g/mol. The van der Waals surface area contributed by atoms with E-state index in [1.54, 1.807) is 6.07 Å². The van der Waals surface area contributed by atoms with Crippen LogP contribution in [0.1, 0.15) is 44.1 Å². The zero-order chi connectivity index (χ0) is 18.7. The van der Waals surface area contributed by atoms with Gasteiger partial charge in [-0.1, -0.05) is 38.2 Å². The molecule has 0 aliphatic heterocycles. The second-order valence-corrected chi connectivity index (χ2v) is 15.0. The summed E-state index contributed by atoms with van der Waals surface area (Å²) in [5.74, 6) is -1.39. The Morgan fingerprint density at radius 1 is 1.12 bits per heavy atom. The fraction of sp³-hybridized carbons (Fsp3) is 0.471. The molecule has 0 saturated carbocycles. The monoisotopic (exact) mass is 426 g/mol. The number of carbonyl (C=O) groups is 1. The molecule has 0 unspecified atom stereocenters. The van der Waals surface area contributed by atoms with Crippen LogP contribution in [0.3, 0.4) is 0 Å². The van der Waals surface area contributed by atoms with Crippen molar-refractivity contribution >= 4 is 51.3 Å². The molecule has 0 heterocycles. The van der Waals surface area contributed by atoms with Gasteiger partial charge < -0.3 is 9.84 Å². The van der Waals surface area contributed by atoms with Crippen molar-refractivity contribution in [2.45, 2.75) is 44.6 Å². The Balaban J connectivity index is 2.17. The van der Waals surface area contributed by atoms with Gasteiger partial charge in [0, 0.05) is 6.08 Å². The van der Waals surface area contributed by atoms with Crippen molar-refractivity contribution in [1.29, 1.82) is 0 Å². The molecule has 0 radical (unpaired) electrons. The molecular weight excluding hydrogens is 406 g/mol. The molecule has 0 saturated heterocycles. The van der Waals surface area contributed by atoms with Crippen LogP contribution in [0.2, 0.25) is 6.04 Å². The summed E-state index contributed by atoms with van der Waals surface area (Å²) < 4.78 is 19.3. The van der Waals surface area contributed by atoms with E-state index in [9.17, 15) is 9.18 Å². The third-order valence-electron chi connectivity index (χ3n) is 3.49. The second kappa shape index (κ2) is 11.8. The zero-order valence-electron chi connectivity index (χ0n) is 13.8. The second-order valence-electron chi connectivity index (χ2n) is 5.70. The SMILES string of the molecule is O=C(O)C=Cc1ccc(OCCCCCCCC[Si](Cl)(Cl)Cl)c(F)c1. The van der Waals surface area contributed by atoms with Crippen molar-refractivity contribution in [3.63, 3.8) is 0 Å². The highest BCUT2D eigenvalue weighted by Crippen LogP contribution is 2.27. The summed E-state index contributed by atoms with van der Waals surface area (Å²) in [6, 6.07) is 2.62. The first kappa shape index (κ1) is 22.3. The highest BCUT2D eigenvalue weighted by Gasteiger charge is 2.23. The Kier molecular flexibility index (Phi) is 10.5. The summed E-state index contributed by atoms with van der Waals surface area (Å²) >= 11 is 17.5. The Hall–Kier alpha value is -0.753. The molecule has 0 spiro atoms. The molecule has 0 atom stereocenters. The maximum atomic E-state index is 13.9. The van der Waals surface area contributed by atoms with E-state index in [-0.39, 0.29) is 5.75 Å². The van der Waals surface area contributed by atoms with Crippen LogP contribution in [0, 0.1) is 5.82 Å². The van der Waals surface area contributed by atoms with Crippen LogP contribution in [0.25, 0.3) is 6.08 Å². The lowest BCUT2D eigenvalue weighted by molar-refractivity contribution is -0.131. The lowest BCUT2D eigenvalue weighted by atomic mass is 10.1. The van der Waals surface area contributed by atoms with Gasteiger partial charge in [0.05, 0.1) is 6.61 Å². The number of unbranched alkanes of at least 4 members (excludes halogenated alkanes) is 5. The third kappa shape index (κ3) is 11.5. The van der Waals surface area contributed by atoms with Gasteiger partial charge in [-0.2, -0.15) is 0 Å². The highest BCUT2D eigenvalue weighted by atomic mass is 35.8. The number of ether oxygens (including phenoxy) is 1. The van der Waals surface area contributed by atoms with Gasteiger partial charge in [-0.15, -0.1) is 33.2 Å². The molecule has 25 heavy (non-hydrogen) atoms. The van der Waals surface area contributed by atoms with E-state index in [1.807, 2.05) is 0 Å². The predicted octanol–water partition coefficient (Wildman–Crippen LogP) is 6.30. The summed E-state index contributed by atoms with van der Waals surface area (Å²) in [6.45, 7) is 0.447. The minimum atomic E-state index is -2.47. The van der Waals surface area contributed by atoms with Crippen LogP contribution in [-0.4, -0.2) is 23.7 Å². The first-order valence-corrected chi connectivity index (χ1v) is 13.4. The van der Waals surface area contributed by atoms with Crippen molar-refractivity contribution in [3.8, 4) is 5.75 Å². The topological polar surface area (TPSA) is 46.5 Å². The number of aliphatic carboxylic acids is 1. The van der Waals surface area contributed by atoms with Crippen LogP contribution < -0.4 is 4.74 Å².